The minimum Gasteiger partial charge on any atom is -0.326 e. The molecule has 2 heterocycles. The van der Waals surface area contributed by atoms with Crippen molar-refractivity contribution in [3.63, 3.8) is 0 Å². The highest BCUT2D eigenvalue weighted by molar-refractivity contribution is 6.03. The third-order valence-electron chi connectivity index (χ3n) is 3.95. The molecule has 134 valence electrons. The minimum absolute atomic E-state index is 0. The van der Waals surface area contributed by atoms with E-state index in [0.29, 0.717) is 23.1 Å². The fourth-order valence-electron chi connectivity index (χ4n) is 2.76. The maximum Gasteiger partial charge on any atom is 0.276 e. The number of amides is 2. The Kier molecular flexibility index (Phi) is 6.55. The van der Waals surface area contributed by atoms with Crippen molar-refractivity contribution < 1.29 is 9.59 Å². The number of anilines is 2. The average Bonchev–Trinajstić information content (AvgIpc) is 3.07. The molecule has 0 radical (unpaired) electrons. The summed E-state index contributed by atoms with van der Waals surface area (Å²) in [6.07, 6.45) is 4.04. The van der Waals surface area contributed by atoms with Gasteiger partial charge in [0.1, 0.15) is 0 Å². The molecule has 1 aliphatic rings. The lowest BCUT2D eigenvalue weighted by atomic mass is 10.1. The van der Waals surface area contributed by atoms with Crippen molar-refractivity contribution in [3.05, 3.63) is 42.2 Å². The molecular weight excluding hydrogens is 342 g/mol. The van der Waals surface area contributed by atoms with E-state index in [1.807, 2.05) is 10.9 Å². The molecular formula is C17H22ClN5O2. The summed E-state index contributed by atoms with van der Waals surface area (Å²) in [5.74, 6) is -0.376. The van der Waals surface area contributed by atoms with Gasteiger partial charge in [-0.25, -0.2) is 0 Å². The number of carbonyl (C=O) groups excluding carboxylic acids is 2. The number of halogens is 1. The largest absolute Gasteiger partial charge is 0.326 e. The monoisotopic (exact) mass is 363 g/mol. The first kappa shape index (κ1) is 19.0. The van der Waals surface area contributed by atoms with Gasteiger partial charge in [-0.3, -0.25) is 14.3 Å². The van der Waals surface area contributed by atoms with Crippen molar-refractivity contribution >= 4 is 35.6 Å². The van der Waals surface area contributed by atoms with Crippen molar-refractivity contribution in [3.8, 4) is 0 Å². The number of aromatic nitrogens is 2. The molecule has 2 aromatic rings. The number of hydrogen-bond acceptors (Lipinski definition) is 4. The number of nitrogens with one attached hydrogen (secondary N) is 3. The molecule has 1 aromatic carbocycles. The zero-order valence-corrected chi connectivity index (χ0v) is 14.8. The van der Waals surface area contributed by atoms with Crippen molar-refractivity contribution in [2.24, 2.45) is 0 Å². The second-order valence-corrected chi connectivity index (χ2v) is 5.89. The van der Waals surface area contributed by atoms with Gasteiger partial charge in [-0.1, -0.05) is 0 Å². The van der Waals surface area contributed by atoms with Crippen LogP contribution in [-0.2, 0) is 4.79 Å². The Morgan fingerprint density at radius 2 is 1.84 bits per heavy atom. The van der Waals surface area contributed by atoms with E-state index >= 15 is 0 Å². The lowest BCUT2D eigenvalue weighted by molar-refractivity contribution is -0.114. The third-order valence-corrected chi connectivity index (χ3v) is 3.95. The molecule has 1 aliphatic heterocycles. The van der Waals surface area contributed by atoms with E-state index in [0.717, 1.165) is 25.9 Å². The van der Waals surface area contributed by atoms with Crippen LogP contribution in [-0.4, -0.2) is 34.7 Å². The molecule has 0 bridgehead atoms. The van der Waals surface area contributed by atoms with E-state index in [1.54, 1.807) is 30.3 Å². The highest BCUT2D eigenvalue weighted by Gasteiger charge is 2.17. The van der Waals surface area contributed by atoms with Gasteiger partial charge in [0.15, 0.2) is 5.69 Å². The summed E-state index contributed by atoms with van der Waals surface area (Å²) in [5, 5.41) is 13.2. The molecule has 1 atom stereocenters. The molecule has 1 saturated heterocycles. The summed E-state index contributed by atoms with van der Waals surface area (Å²) in [7, 11) is 0. The molecule has 8 heteroatoms. The zero-order chi connectivity index (χ0) is 16.9. The van der Waals surface area contributed by atoms with E-state index in [4.69, 9.17) is 0 Å². The SMILES string of the molecule is CC(=O)Nc1ccc(NC(=O)c2ccn(C3CCCNC3)n2)cc1.Cl. The summed E-state index contributed by atoms with van der Waals surface area (Å²) < 4.78 is 1.86. The highest BCUT2D eigenvalue weighted by Crippen LogP contribution is 2.17. The maximum absolute atomic E-state index is 12.3. The van der Waals surface area contributed by atoms with Crippen LogP contribution in [0.5, 0.6) is 0 Å². The molecule has 25 heavy (non-hydrogen) atoms. The Morgan fingerprint density at radius 1 is 1.16 bits per heavy atom. The van der Waals surface area contributed by atoms with Crippen LogP contribution in [0.4, 0.5) is 11.4 Å². The fraction of sp³-hybridized carbons (Fsp3) is 0.353. The Morgan fingerprint density at radius 3 is 2.44 bits per heavy atom. The first-order valence-corrected chi connectivity index (χ1v) is 8.07. The first-order chi connectivity index (χ1) is 11.6. The third kappa shape index (κ3) is 5.04. The summed E-state index contributed by atoms with van der Waals surface area (Å²) in [5.41, 5.74) is 1.74. The molecule has 3 rings (SSSR count). The standard InChI is InChI=1S/C17H21N5O2.ClH/c1-12(23)19-13-4-6-14(7-5-13)20-17(24)16-8-10-22(21-16)15-3-2-9-18-11-15;/h4-8,10,15,18H,2-3,9,11H2,1H3,(H,19,23)(H,20,24);1H. The molecule has 0 aliphatic carbocycles. The minimum atomic E-state index is -0.246. The van der Waals surface area contributed by atoms with Gasteiger partial charge in [-0.2, -0.15) is 5.10 Å². The molecule has 1 aromatic heterocycles. The summed E-state index contributed by atoms with van der Waals surface area (Å²) in [6.45, 7) is 3.38. The Bertz CT molecular complexity index is 723. The highest BCUT2D eigenvalue weighted by atomic mass is 35.5. The topological polar surface area (TPSA) is 88.0 Å². The lowest BCUT2D eigenvalue weighted by Crippen LogP contribution is -2.32. The fourth-order valence-corrected chi connectivity index (χ4v) is 2.76. The van der Waals surface area contributed by atoms with E-state index in [9.17, 15) is 9.59 Å². The van der Waals surface area contributed by atoms with Crippen molar-refractivity contribution in [2.45, 2.75) is 25.8 Å². The number of hydrogen-bond donors (Lipinski definition) is 3. The normalized spacial score (nSPS) is 16.6. The van der Waals surface area contributed by atoms with Crippen LogP contribution in [0.15, 0.2) is 36.5 Å². The molecule has 0 saturated carbocycles. The van der Waals surface area contributed by atoms with Gasteiger partial charge >= 0.3 is 0 Å². The number of benzene rings is 1. The van der Waals surface area contributed by atoms with Crippen LogP contribution in [0.2, 0.25) is 0 Å². The van der Waals surface area contributed by atoms with E-state index < -0.39 is 0 Å². The smallest absolute Gasteiger partial charge is 0.276 e. The second kappa shape index (κ2) is 8.64. The van der Waals surface area contributed by atoms with E-state index in [1.165, 1.54) is 6.92 Å². The molecule has 2 amide bonds. The summed E-state index contributed by atoms with van der Waals surface area (Å²) >= 11 is 0. The number of rotatable bonds is 4. The average molecular weight is 364 g/mol. The first-order valence-electron chi connectivity index (χ1n) is 8.07. The van der Waals surface area contributed by atoms with Crippen molar-refractivity contribution in [2.75, 3.05) is 23.7 Å². The van der Waals surface area contributed by atoms with Gasteiger partial charge in [0.2, 0.25) is 5.91 Å². The molecule has 3 N–H and O–H groups in total. The molecule has 0 spiro atoms. The number of piperidine rings is 1. The Balaban J connectivity index is 0.00000225. The predicted octanol–water partition coefficient (Wildman–Crippen LogP) is 2.44. The van der Waals surface area contributed by atoms with Crippen molar-refractivity contribution in [1.82, 2.24) is 15.1 Å². The van der Waals surface area contributed by atoms with Crippen molar-refractivity contribution in [1.29, 1.82) is 0 Å². The van der Waals surface area contributed by atoms with Gasteiger partial charge in [0.25, 0.3) is 5.91 Å². The van der Waals surface area contributed by atoms with Gasteiger partial charge in [-0.15, -0.1) is 12.4 Å². The number of nitrogens with zero attached hydrogens (tertiary/aromatic N) is 2. The van der Waals surface area contributed by atoms with E-state index in [2.05, 4.69) is 21.0 Å². The van der Waals surface area contributed by atoms with E-state index in [-0.39, 0.29) is 24.2 Å². The Labute approximate surface area is 152 Å². The quantitative estimate of drug-likeness (QED) is 0.778. The number of carbonyl (C=O) groups is 2. The maximum atomic E-state index is 12.3. The van der Waals surface area contributed by atoms with Crippen LogP contribution in [0.25, 0.3) is 0 Å². The summed E-state index contributed by atoms with van der Waals surface area (Å²) in [6, 6.07) is 9.00. The van der Waals surface area contributed by atoms with Crippen LogP contribution in [0.3, 0.4) is 0 Å². The Hall–Kier alpha value is -2.38. The van der Waals surface area contributed by atoms with Crippen LogP contribution in [0, 0.1) is 0 Å². The second-order valence-electron chi connectivity index (χ2n) is 5.89. The van der Waals surface area contributed by atoms with Crippen LogP contribution < -0.4 is 16.0 Å². The van der Waals surface area contributed by atoms with Gasteiger partial charge < -0.3 is 16.0 Å². The zero-order valence-electron chi connectivity index (χ0n) is 14.0. The van der Waals surface area contributed by atoms with Crippen LogP contribution >= 0.6 is 12.4 Å². The molecule has 1 fully saturated rings. The molecule has 7 nitrogen and oxygen atoms in total. The van der Waals surface area contributed by atoms with Gasteiger partial charge in [0.05, 0.1) is 6.04 Å². The van der Waals surface area contributed by atoms with Gasteiger partial charge in [-0.05, 0) is 49.7 Å². The predicted molar refractivity (Wildman–Crippen MR) is 99.3 cm³/mol. The van der Waals surface area contributed by atoms with Crippen LogP contribution in [0.1, 0.15) is 36.3 Å². The lowest BCUT2D eigenvalue weighted by Gasteiger charge is -2.22. The molecule has 1 unspecified atom stereocenters. The van der Waals surface area contributed by atoms with Gasteiger partial charge in [0, 0.05) is 31.0 Å². The summed E-state index contributed by atoms with van der Waals surface area (Å²) in [4.78, 5) is 23.3.